The van der Waals surface area contributed by atoms with E-state index in [1.54, 1.807) is 0 Å². The molecule has 0 radical (unpaired) electrons. The Labute approximate surface area is 153 Å². The number of imidazole rings is 2. The number of nitrogens with zero attached hydrogens (tertiary/aromatic N) is 4. The molecule has 1 N–H and O–H groups in total. The third kappa shape index (κ3) is 4.29. The number of nitrogens with one attached hydrogen (secondary N) is 1. The molecule has 4 rings (SSSR count). The van der Waals surface area contributed by atoms with E-state index in [1.807, 2.05) is 48.5 Å². The summed E-state index contributed by atoms with van der Waals surface area (Å²) in [6.07, 6.45) is 0. The van der Waals surface area contributed by atoms with E-state index in [4.69, 9.17) is 20.1 Å². The van der Waals surface area contributed by atoms with Gasteiger partial charge in [-0.25, -0.2) is 4.98 Å². The average molecular weight is 398 g/mol. The molecule has 8 heteroatoms. The number of aromatic amines is 1. The second-order valence-electron chi connectivity index (χ2n) is 4.93. The van der Waals surface area contributed by atoms with Gasteiger partial charge in [0.15, 0.2) is 0 Å². The van der Waals surface area contributed by atoms with Gasteiger partial charge in [0.2, 0.25) is 0 Å². The maximum Gasteiger partial charge on any atom is 0.0885 e. The second kappa shape index (κ2) is 8.52. The van der Waals surface area contributed by atoms with Crippen LogP contribution in [0.1, 0.15) is 11.6 Å². The van der Waals surface area contributed by atoms with E-state index in [0.29, 0.717) is 13.1 Å². The Balaban J connectivity index is 0.000000526. The third-order valence-electron chi connectivity index (χ3n) is 3.33. The summed E-state index contributed by atoms with van der Waals surface area (Å²) in [5.41, 5.74) is 3.86. The number of fused-ring (bicyclic) bond motifs is 2. The van der Waals surface area contributed by atoms with Crippen molar-refractivity contribution < 1.29 is 13.4 Å². The van der Waals surface area contributed by atoms with Crippen LogP contribution in [0.4, 0.5) is 0 Å². The van der Waals surface area contributed by atoms with Gasteiger partial charge in [0.1, 0.15) is 0 Å². The van der Waals surface area contributed by atoms with E-state index < -0.39 is 0 Å². The van der Waals surface area contributed by atoms with Crippen molar-refractivity contribution in [1.82, 2.24) is 19.9 Å². The van der Waals surface area contributed by atoms with Crippen LogP contribution in [0.25, 0.3) is 27.4 Å². The van der Waals surface area contributed by atoms with Crippen molar-refractivity contribution in [2.24, 2.45) is 0 Å². The first-order valence-electron chi connectivity index (χ1n) is 7.14. The molecule has 124 valence electrons. The number of hydrogen-bond acceptors (Lipinski definition) is 2. The minimum absolute atomic E-state index is 0.181. The van der Waals surface area contributed by atoms with Crippen LogP contribution in [-0.2, 0) is 26.5 Å². The molecule has 2 heterocycles. The van der Waals surface area contributed by atoms with E-state index in [0.717, 1.165) is 33.7 Å². The fourth-order valence-corrected chi connectivity index (χ4v) is 2.37. The smallest absolute Gasteiger partial charge is 0.0885 e. The van der Waals surface area contributed by atoms with Crippen LogP contribution in [0.15, 0.2) is 48.5 Å². The van der Waals surface area contributed by atoms with E-state index in [2.05, 4.69) is 25.3 Å². The van der Waals surface area contributed by atoms with Crippen molar-refractivity contribution in [1.29, 1.82) is 0 Å². The number of rotatable bonds is 4. The molecule has 0 saturated carbocycles. The Kier molecular flexibility index (Phi) is 6.14. The van der Waals surface area contributed by atoms with Crippen molar-refractivity contribution in [3.63, 3.8) is 0 Å². The van der Waals surface area contributed by atoms with Gasteiger partial charge in [-0.15, -0.1) is 12.4 Å². The first-order chi connectivity index (χ1) is 11.8. The monoisotopic (exact) mass is 397 g/mol. The van der Waals surface area contributed by atoms with Gasteiger partial charge in [-0.2, -0.15) is 0 Å². The summed E-state index contributed by atoms with van der Waals surface area (Å²) in [6, 6.07) is 15.8. The first-order valence-corrected chi connectivity index (χ1v) is 10.7. The normalized spacial score (nSPS) is 10.8. The zero-order valence-electron chi connectivity index (χ0n) is 12.5. The molecule has 0 fully saturated rings. The van der Waals surface area contributed by atoms with Crippen LogP contribution in [0, 0.1) is 0 Å². The summed E-state index contributed by atoms with van der Waals surface area (Å²) in [4.78, 5) is 16.7. The third-order valence-corrected chi connectivity index (χ3v) is 3.33. The van der Waals surface area contributed by atoms with E-state index >= 15 is 0 Å². The van der Waals surface area contributed by atoms with Crippen LogP contribution < -0.4 is 4.98 Å². The van der Waals surface area contributed by atoms with Crippen molar-refractivity contribution in [3.05, 3.63) is 65.5 Å². The number of H-pyrrole nitrogens is 1. The molecule has 0 amide bonds. The van der Waals surface area contributed by atoms with Crippen LogP contribution in [0.2, 0.25) is 0 Å². The maximum absolute atomic E-state index is 4.83. The van der Waals surface area contributed by atoms with Crippen molar-refractivity contribution in [2.75, 3.05) is 0 Å². The molecule has 0 atom stereocenters. The largest absolute Gasteiger partial charge is 0.653 e. The molecule has 4 aromatic rings. The van der Waals surface area contributed by atoms with Gasteiger partial charge >= 0.3 is 33.5 Å². The Hall–Kier alpha value is -1.55. The van der Waals surface area contributed by atoms with Crippen molar-refractivity contribution in [2.45, 2.75) is 13.1 Å². The molecule has 2 aromatic heterocycles. The van der Waals surface area contributed by atoms with E-state index in [9.17, 15) is 0 Å². The Morgan fingerprint density at radius 1 is 0.958 bits per heavy atom. The molecule has 24 heavy (non-hydrogen) atoms. The summed E-state index contributed by atoms with van der Waals surface area (Å²) in [7, 11) is 9.65. The molecule has 5 nitrogen and oxygen atoms in total. The molecule has 0 aliphatic carbocycles. The fourth-order valence-electron chi connectivity index (χ4n) is 2.37. The van der Waals surface area contributed by atoms with Gasteiger partial charge in [0.25, 0.3) is 0 Å². The summed E-state index contributed by atoms with van der Waals surface area (Å²) in [6.45, 7) is 1.05. The number of halogens is 2. The SMILES string of the molecule is [Cl][Cr][Cl].c1ccc2[n-]c(C[N-]Cc3nc4ccccc4[nH]3)nc2c1. The Morgan fingerprint density at radius 2 is 1.67 bits per heavy atom. The summed E-state index contributed by atoms with van der Waals surface area (Å²) < 4.78 is 0. The van der Waals surface area contributed by atoms with Gasteiger partial charge in [-0.1, -0.05) is 42.9 Å². The van der Waals surface area contributed by atoms with E-state index in [1.165, 1.54) is 0 Å². The second-order valence-corrected chi connectivity index (χ2v) is 7.03. The molecule has 0 aliphatic rings. The molecular formula is C16H13Cl2CrN5-2. The van der Waals surface area contributed by atoms with E-state index in [-0.39, 0.29) is 13.4 Å². The number of aromatic nitrogens is 4. The predicted molar refractivity (Wildman–Crippen MR) is 93.6 cm³/mol. The Bertz CT molecular complexity index is 781. The summed E-state index contributed by atoms with van der Waals surface area (Å²) >= 11 is -0.181. The standard InChI is InChI=1S/C16H13N5.2ClH.Cr/c1-2-6-12-11(5-1)18-15(19-12)9-17-10-16-20-13-7-3-4-8-14(13)21-16;;;/h1-8H,9-10H2,(H-,18,19,20,21);2*1H;/q-2;;;+2/p-2. The molecular weight excluding hydrogens is 385 g/mol. The minimum atomic E-state index is -0.181. The van der Waals surface area contributed by atoms with Crippen molar-refractivity contribution >= 4 is 42.2 Å². The van der Waals surface area contributed by atoms with Gasteiger partial charge in [0.05, 0.1) is 16.9 Å². The predicted octanol–water partition coefficient (Wildman–Crippen LogP) is 4.52. The summed E-state index contributed by atoms with van der Waals surface area (Å²) in [5.74, 6) is 1.62. The van der Waals surface area contributed by atoms with Crippen LogP contribution in [-0.4, -0.2) is 15.0 Å². The molecule has 0 spiro atoms. The molecule has 0 bridgehead atoms. The molecule has 0 unspecified atom stereocenters. The van der Waals surface area contributed by atoms with Crippen LogP contribution >= 0.6 is 20.1 Å². The van der Waals surface area contributed by atoms with Gasteiger partial charge < -0.3 is 20.3 Å². The maximum atomic E-state index is 4.83. The fraction of sp³-hybridized carbons (Fsp3) is 0.125. The zero-order chi connectivity index (χ0) is 16.8. The summed E-state index contributed by atoms with van der Waals surface area (Å²) in [5, 5.41) is 4.48. The zero-order valence-corrected chi connectivity index (χ0v) is 15.3. The first kappa shape index (κ1) is 17.3. The molecule has 0 saturated heterocycles. The van der Waals surface area contributed by atoms with Gasteiger partial charge in [0, 0.05) is 0 Å². The average Bonchev–Trinajstić information content (AvgIpc) is 3.18. The van der Waals surface area contributed by atoms with Crippen LogP contribution in [0.5, 0.6) is 0 Å². The topological polar surface area (TPSA) is 69.8 Å². The quantitative estimate of drug-likeness (QED) is 0.550. The van der Waals surface area contributed by atoms with Crippen LogP contribution in [0.3, 0.4) is 0 Å². The minimum Gasteiger partial charge on any atom is -0.653 e. The van der Waals surface area contributed by atoms with Crippen molar-refractivity contribution in [3.8, 4) is 0 Å². The molecule has 0 aliphatic heterocycles. The number of benzene rings is 2. The van der Waals surface area contributed by atoms with Gasteiger partial charge in [-0.05, 0) is 23.2 Å². The number of hydrogen-bond donors (Lipinski definition) is 1. The molecule has 2 aromatic carbocycles. The Morgan fingerprint density at radius 3 is 2.42 bits per heavy atom. The van der Waals surface area contributed by atoms with Gasteiger partial charge in [-0.3, -0.25) is 0 Å². The number of para-hydroxylation sites is 4.